The first-order valence-corrected chi connectivity index (χ1v) is 7.28. The van der Waals surface area contributed by atoms with Gasteiger partial charge in [-0.1, -0.05) is 39.7 Å². The molecule has 3 rings (SSSR count). The molecule has 1 aliphatic rings. The summed E-state index contributed by atoms with van der Waals surface area (Å²) in [6.07, 6.45) is 1.41. The first-order valence-electron chi connectivity index (χ1n) is 6.48. The maximum absolute atomic E-state index is 12.3. The van der Waals surface area contributed by atoms with Crippen molar-refractivity contribution in [3.8, 4) is 0 Å². The number of ketones is 1. The van der Waals surface area contributed by atoms with Crippen molar-refractivity contribution in [1.29, 1.82) is 0 Å². The number of hydrogen-bond donors (Lipinski definition) is 1. The highest BCUT2D eigenvalue weighted by molar-refractivity contribution is 9.10. The summed E-state index contributed by atoms with van der Waals surface area (Å²) < 4.78 is 0.832. The third-order valence-corrected chi connectivity index (χ3v) is 3.84. The van der Waals surface area contributed by atoms with Crippen molar-refractivity contribution in [3.05, 3.63) is 69.7 Å². The molecule has 0 aromatic heterocycles. The summed E-state index contributed by atoms with van der Waals surface area (Å²) in [5.41, 5.74) is 3.54. The van der Waals surface area contributed by atoms with Crippen LogP contribution in [0.2, 0.25) is 0 Å². The van der Waals surface area contributed by atoms with Gasteiger partial charge in [-0.3, -0.25) is 9.59 Å². The average molecular weight is 342 g/mol. The van der Waals surface area contributed by atoms with Gasteiger partial charge in [0.2, 0.25) is 0 Å². The van der Waals surface area contributed by atoms with Gasteiger partial charge in [0, 0.05) is 21.3 Å². The number of rotatable bonds is 2. The Balaban J connectivity index is 2.03. The van der Waals surface area contributed by atoms with Gasteiger partial charge in [-0.25, -0.2) is 0 Å². The summed E-state index contributed by atoms with van der Waals surface area (Å²) in [7, 11) is 0. The number of nitrogens with one attached hydrogen (secondary N) is 1. The molecule has 3 nitrogen and oxygen atoms in total. The predicted octanol–water partition coefficient (Wildman–Crippen LogP) is 3.98. The van der Waals surface area contributed by atoms with Crippen molar-refractivity contribution < 1.29 is 9.59 Å². The molecular formula is C17H12BrNO2. The van der Waals surface area contributed by atoms with Crippen molar-refractivity contribution >= 4 is 38.9 Å². The second-order valence-electron chi connectivity index (χ2n) is 4.94. The Labute approximate surface area is 130 Å². The fourth-order valence-corrected chi connectivity index (χ4v) is 2.70. The molecule has 2 aromatic rings. The zero-order valence-corrected chi connectivity index (χ0v) is 12.9. The first kappa shape index (κ1) is 13.8. The monoisotopic (exact) mass is 341 g/mol. The molecule has 0 fully saturated rings. The standard InChI is InChI=1S/C17H12BrNO2/c1-10-5-6-15-13(7-10)14(17(21)19-15)9-16(20)11-3-2-4-12(18)8-11/h2-9H,1H3,(H,19,21)/b14-9-. The lowest BCUT2D eigenvalue weighted by atomic mass is 10.0. The third-order valence-electron chi connectivity index (χ3n) is 3.34. The highest BCUT2D eigenvalue weighted by Crippen LogP contribution is 2.32. The highest BCUT2D eigenvalue weighted by atomic mass is 79.9. The van der Waals surface area contributed by atoms with Gasteiger partial charge in [0.05, 0.1) is 5.57 Å². The Morgan fingerprint density at radius 3 is 2.76 bits per heavy atom. The molecule has 1 amide bonds. The number of aryl methyl sites for hydroxylation is 1. The van der Waals surface area contributed by atoms with Gasteiger partial charge in [0.25, 0.3) is 5.91 Å². The number of allylic oxidation sites excluding steroid dienone is 1. The van der Waals surface area contributed by atoms with Crippen molar-refractivity contribution in [2.24, 2.45) is 0 Å². The van der Waals surface area contributed by atoms with Crippen molar-refractivity contribution in [2.75, 3.05) is 5.32 Å². The van der Waals surface area contributed by atoms with Crippen LogP contribution in [0.3, 0.4) is 0 Å². The van der Waals surface area contributed by atoms with Crippen molar-refractivity contribution in [3.63, 3.8) is 0 Å². The number of carbonyl (C=O) groups excluding carboxylic acids is 2. The van der Waals surface area contributed by atoms with Gasteiger partial charge in [0.15, 0.2) is 5.78 Å². The lowest BCUT2D eigenvalue weighted by molar-refractivity contribution is -0.110. The molecule has 1 heterocycles. The summed E-state index contributed by atoms with van der Waals surface area (Å²) >= 11 is 3.34. The van der Waals surface area contributed by atoms with Gasteiger partial charge in [-0.2, -0.15) is 0 Å². The van der Waals surface area contributed by atoms with E-state index in [0.29, 0.717) is 11.1 Å². The van der Waals surface area contributed by atoms with E-state index in [-0.39, 0.29) is 11.7 Å². The summed E-state index contributed by atoms with van der Waals surface area (Å²) in [6.45, 7) is 1.96. The van der Waals surface area contributed by atoms with Crippen LogP contribution < -0.4 is 5.32 Å². The molecule has 2 aromatic carbocycles. The van der Waals surface area contributed by atoms with Crippen LogP contribution in [0.4, 0.5) is 5.69 Å². The highest BCUT2D eigenvalue weighted by Gasteiger charge is 2.25. The van der Waals surface area contributed by atoms with Crippen LogP contribution in [0, 0.1) is 6.92 Å². The first-order chi connectivity index (χ1) is 10.0. The normalized spacial score (nSPS) is 15.0. The third kappa shape index (κ3) is 2.67. The van der Waals surface area contributed by atoms with Crippen molar-refractivity contribution in [1.82, 2.24) is 0 Å². The second-order valence-corrected chi connectivity index (χ2v) is 5.85. The zero-order valence-electron chi connectivity index (χ0n) is 11.3. The number of anilines is 1. The van der Waals surface area contributed by atoms with Crippen LogP contribution in [0.15, 0.2) is 53.0 Å². The lowest BCUT2D eigenvalue weighted by Crippen LogP contribution is -2.06. The maximum atomic E-state index is 12.3. The summed E-state index contributed by atoms with van der Waals surface area (Å²) in [4.78, 5) is 24.4. The summed E-state index contributed by atoms with van der Waals surface area (Å²) in [5.74, 6) is -0.422. The number of carbonyl (C=O) groups is 2. The van der Waals surface area contributed by atoms with E-state index in [2.05, 4.69) is 21.2 Å². The van der Waals surface area contributed by atoms with Gasteiger partial charge in [0.1, 0.15) is 0 Å². The Morgan fingerprint density at radius 2 is 2.00 bits per heavy atom. The second kappa shape index (κ2) is 5.30. The van der Waals surface area contributed by atoms with Crippen LogP contribution in [0.25, 0.3) is 5.57 Å². The van der Waals surface area contributed by atoms with Crippen LogP contribution in [-0.2, 0) is 4.79 Å². The Bertz CT molecular complexity index is 793. The fourth-order valence-electron chi connectivity index (χ4n) is 2.30. The molecule has 1 N–H and O–H groups in total. The summed E-state index contributed by atoms with van der Waals surface area (Å²) in [6, 6.07) is 12.8. The number of fused-ring (bicyclic) bond motifs is 1. The average Bonchev–Trinajstić information content (AvgIpc) is 2.75. The van der Waals surface area contributed by atoms with Gasteiger partial charge >= 0.3 is 0 Å². The molecule has 0 atom stereocenters. The molecule has 104 valence electrons. The lowest BCUT2D eigenvalue weighted by Gasteiger charge is -2.01. The van der Waals surface area contributed by atoms with E-state index in [1.54, 1.807) is 18.2 Å². The van der Waals surface area contributed by atoms with E-state index < -0.39 is 0 Å². The van der Waals surface area contributed by atoms with Gasteiger partial charge < -0.3 is 5.32 Å². The predicted molar refractivity (Wildman–Crippen MR) is 86.3 cm³/mol. The van der Waals surface area contributed by atoms with Gasteiger partial charge in [-0.15, -0.1) is 0 Å². The number of benzene rings is 2. The molecule has 0 spiro atoms. The maximum Gasteiger partial charge on any atom is 0.256 e. The molecule has 0 aliphatic carbocycles. The van der Waals surface area contributed by atoms with Crippen LogP contribution >= 0.6 is 15.9 Å². The molecule has 0 radical (unpaired) electrons. The molecular weight excluding hydrogens is 330 g/mol. The van der Waals surface area contributed by atoms with E-state index in [9.17, 15) is 9.59 Å². The van der Waals surface area contributed by atoms with E-state index in [0.717, 1.165) is 21.3 Å². The molecule has 4 heteroatoms. The minimum atomic E-state index is -0.237. The van der Waals surface area contributed by atoms with E-state index >= 15 is 0 Å². The molecule has 0 saturated carbocycles. The number of hydrogen-bond acceptors (Lipinski definition) is 2. The Morgan fingerprint density at radius 1 is 1.19 bits per heavy atom. The van der Waals surface area contributed by atoms with Gasteiger partial charge in [-0.05, 0) is 37.3 Å². The topological polar surface area (TPSA) is 46.2 Å². The number of halogens is 1. The smallest absolute Gasteiger partial charge is 0.256 e. The summed E-state index contributed by atoms with van der Waals surface area (Å²) in [5, 5.41) is 2.77. The number of amides is 1. The van der Waals surface area contributed by atoms with Crippen LogP contribution in [0.1, 0.15) is 21.5 Å². The van der Waals surface area contributed by atoms with E-state index in [1.165, 1.54) is 6.08 Å². The Hall–Kier alpha value is -2.20. The molecule has 0 saturated heterocycles. The van der Waals surface area contributed by atoms with E-state index in [4.69, 9.17) is 0 Å². The van der Waals surface area contributed by atoms with Crippen LogP contribution in [0.5, 0.6) is 0 Å². The quantitative estimate of drug-likeness (QED) is 0.663. The molecule has 0 unspecified atom stereocenters. The molecule has 1 aliphatic heterocycles. The molecule has 0 bridgehead atoms. The zero-order chi connectivity index (χ0) is 15.0. The minimum absolute atomic E-state index is 0.184. The SMILES string of the molecule is Cc1ccc2c(c1)/C(=C/C(=O)c1cccc(Br)c1)C(=O)N2. The van der Waals surface area contributed by atoms with Crippen molar-refractivity contribution in [2.45, 2.75) is 6.92 Å². The molecule has 21 heavy (non-hydrogen) atoms. The van der Waals surface area contributed by atoms with E-state index in [1.807, 2.05) is 31.2 Å². The largest absolute Gasteiger partial charge is 0.321 e. The fraction of sp³-hybridized carbons (Fsp3) is 0.0588. The Kier molecular flexibility index (Phi) is 3.47. The van der Waals surface area contributed by atoms with Crippen LogP contribution in [-0.4, -0.2) is 11.7 Å². The minimum Gasteiger partial charge on any atom is -0.321 e.